The van der Waals surface area contributed by atoms with Crippen molar-refractivity contribution in [3.05, 3.63) is 19.7 Å². The van der Waals surface area contributed by atoms with E-state index in [0.29, 0.717) is 5.15 Å². The lowest BCUT2D eigenvalue weighted by Gasteiger charge is -2.29. The van der Waals surface area contributed by atoms with Gasteiger partial charge in [-0.3, -0.25) is 0 Å². The molecule has 4 nitrogen and oxygen atoms in total. The molecule has 7 heteroatoms. The van der Waals surface area contributed by atoms with Crippen molar-refractivity contribution >= 4 is 45.8 Å². The normalized spacial score (nSPS) is 18.9. The molecule has 100 valence electrons. The van der Waals surface area contributed by atoms with E-state index in [1.165, 1.54) is 19.3 Å². The number of nitrogens with zero attached hydrogens (tertiary/aromatic N) is 3. The molecule has 0 spiro atoms. The van der Waals surface area contributed by atoms with Gasteiger partial charge in [0, 0.05) is 6.54 Å². The molecule has 0 bridgehead atoms. The van der Waals surface area contributed by atoms with Crippen LogP contribution in [0.1, 0.15) is 31.0 Å². The quantitative estimate of drug-likeness (QED) is 0.481. The predicted octanol–water partition coefficient (Wildman–Crippen LogP) is 2.87. The summed E-state index contributed by atoms with van der Waals surface area (Å²) in [5.41, 5.74) is 6.95. The van der Waals surface area contributed by atoms with Crippen LogP contribution in [0.15, 0.2) is 0 Å². The Balaban J connectivity index is 2.10. The molecule has 0 saturated carbocycles. The summed E-state index contributed by atoms with van der Waals surface area (Å²) in [5.74, 6) is 0. The van der Waals surface area contributed by atoms with Gasteiger partial charge in [-0.15, -0.1) is 0 Å². The van der Waals surface area contributed by atoms with E-state index in [2.05, 4.69) is 37.5 Å². The molecule has 0 aliphatic carbocycles. The summed E-state index contributed by atoms with van der Waals surface area (Å²) < 4.78 is 0.795. The molecular weight excluding hydrogens is 386 g/mol. The number of piperidine rings is 1. The number of halogens is 3. The molecule has 1 fully saturated rings. The highest BCUT2D eigenvalue weighted by Gasteiger charge is 2.20. The van der Waals surface area contributed by atoms with Gasteiger partial charge in [0.15, 0.2) is 0 Å². The Morgan fingerprint density at radius 2 is 1.89 bits per heavy atom. The molecule has 2 N–H and O–H groups in total. The summed E-state index contributed by atoms with van der Waals surface area (Å²) >= 11 is 13.9. The van der Waals surface area contributed by atoms with Gasteiger partial charge in [0.05, 0.1) is 15.3 Å². The summed E-state index contributed by atoms with van der Waals surface area (Å²) in [7, 11) is 0. The first-order valence-corrected chi connectivity index (χ1v) is 7.77. The maximum atomic E-state index is 6.21. The molecule has 1 aliphatic heterocycles. The van der Waals surface area contributed by atoms with Crippen LogP contribution in [-0.4, -0.2) is 34.5 Å². The maximum absolute atomic E-state index is 6.21. The lowest BCUT2D eigenvalue weighted by Crippen LogP contribution is -2.36. The van der Waals surface area contributed by atoms with Crippen LogP contribution in [0.5, 0.6) is 0 Å². The van der Waals surface area contributed by atoms with Crippen molar-refractivity contribution < 1.29 is 0 Å². The Kier molecular flexibility index (Phi) is 5.44. The van der Waals surface area contributed by atoms with Crippen molar-refractivity contribution in [3.63, 3.8) is 0 Å². The highest BCUT2D eigenvalue weighted by Crippen LogP contribution is 2.25. The molecule has 0 amide bonds. The summed E-state index contributed by atoms with van der Waals surface area (Å²) in [4.78, 5) is 10.5. The Labute approximate surface area is 130 Å². The second kappa shape index (κ2) is 6.65. The minimum Gasteiger partial charge on any atom is -0.322 e. The SMILES string of the molecule is NC(CN1CCCCC1)c1nc(Cl)nc(Cl)c1I. The Morgan fingerprint density at radius 1 is 1.22 bits per heavy atom. The molecule has 0 aromatic carbocycles. The minimum atomic E-state index is -0.173. The van der Waals surface area contributed by atoms with Crippen molar-refractivity contribution in [2.45, 2.75) is 25.3 Å². The molecule has 2 rings (SSSR count). The van der Waals surface area contributed by atoms with E-state index >= 15 is 0 Å². The highest BCUT2D eigenvalue weighted by molar-refractivity contribution is 14.1. The minimum absolute atomic E-state index is 0.157. The molecule has 1 saturated heterocycles. The summed E-state index contributed by atoms with van der Waals surface area (Å²) in [6, 6.07) is -0.173. The number of nitrogens with two attached hydrogens (primary N) is 1. The molecular formula is C11H15Cl2IN4. The fourth-order valence-corrected chi connectivity index (χ4v) is 3.20. The lowest BCUT2D eigenvalue weighted by atomic mass is 10.1. The van der Waals surface area contributed by atoms with E-state index in [9.17, 15) is 0 Å². The van der Waals surface area contributed by atoms with E-state index in [1.807, 2.05) is 0 Å². The maximum Gasteiger partial charge on any atom is 0.224 e. The van der Waals surface area contributed by atoms with Crippen molar-refractivity contribution in [2.24, 2.45) is 5.73 Å². The van der Waals surface area contributed by atoms with Gasteiger partial charge in [0.25, 0.3) is 0 Å². The van der Waals surface area contributed by atoms with Gasteiger partial charge in [-0.25, -0.2) is 9.97 Å². The zero-order valence-electron chi connectivity index (χ0n) is 9.87. The van der Waals surface area contributed by atoms with Gasteiger partial charge < -0.3 is 10.6 Å². The van der Waals surface area contributed by atoms with Crippen LogP contribution < -0.4 is 5.73 Å². The van der Waals surface area contributed by atoms with Crippen LogP contribution >= 0.6 is 45.8 Å². The van der Waals surface area contributed by atoms with Crippen molar-refractivity contribution in [1.29, 1.82) is 0 Å². The molecule has 1 aromatic rings. The molecule has 1 aliphatic rings. The van der Waals surface area contributed by atoms with Crippen molar-refractivity contribution in [3.8, 4) is 0 Å². The third-order valence-electron chi connectivity index (χ3n) is 3.06. The summed E-state index contributed by atoms with van der Waals surface area (Å²) in [5, 5.41) is 0.532. The third-order valence-corrected chi connectivity index (χ3v) is 4.89. The van der Waals surface area contributed by atoms with Gasteiger partial charge in [-0.1, -0.05) is 18.0 Å². The fraction of sp³-hybridized carbons (Fsp3) is 0.636. The van der Waals surface area contributed by atoms with E-state index in [1.54, 1.807) is 0 Å². The second-order valence-corrected chi connectivity index (χ2v) is 6.23. The Hall–Kier alpha value is 0.310. The number of likely N-dealkylation sites (tertiary alicyclic amines) is 1. The van der Waals surface area contributed by atoms with Crippen LogP contribution in [0.25, 0.3) is 0 Å². The molecule has 0 radical (unpaired) electrons. The van der Waals surface area contributed by atoms with Gasteiger partial charge >= 0.3 is 0 Å². The number of rotatable bonds is 3. The van der Waals surface area contributed by atoms with Gasteiger partial charge in [0.1, 0.15) is 5.15 Å². The first-order valence-electron chi connectivity index (χ1n) is 5.94. The van der Waals surface area contributed by atoms with Crippen molar-refractivity contribution in [2.75, 3.05) is 19.6 Å². The zero-order chi connectivity index (χ0) is 13.1. The average Bonchev–Trinajstić information content (AvgIpc) is 2.35. The van der Waals surface area contributed by atoms with E-state index < -0.39 is 0 Å². The molecule has 18 heavy (non-hydrogen) atoms. The number of hydrogen-bond donors (Lipinski definition) is 1. The number of hydrogen-bond acceptors (Lipinski definition) is 4. The monoisotopic (exact) mass is 400 g/mol. The van der Waals surface area contributed by atoms with Crippen LogP contribution in [0, 0.1) is 3.57 Å². The molecule has 1 aromatic heterocycles. The van der Waals surface area contributed by atoms with E-state index in [4.69, 9.17) is 28.9 Å². The van der Waals surface area contributed by atoms with Gasteiger partial charge in [-0.05, 0) is 60.1 Å². The highest BCUT2D eigenvalue weighted by atomic mass is 127. The molecule has 1 unspecified atom stereocenters. The first-order chi connectivity index (χ1) is 8.58. The third kappa shape index (κ3) is 3.66. The number of aromatic nitrogens is 2. The van der Waals surface area contributed by atoms with E-state index in [-0.39, 0.29) is 11.3 Å². The van der Waals surface area contributed by atoms with Crippen LogP contribution in [0.3, 0.4) is 0 Å². The summed E-state index contributed by atoms with van der Waals surface area (Å²) in [6.07, 6.45) is 3.80. The predicted molar refractivity (Wildman–Crippen MR) is 82.0 cm³/mol. The average molecular weight is 401 g/mol. The smallest absolute Gasteiger partial charge is 0.224 e. The Morgan fingerprint density at radius 3 is 2.56 bits per heavy atom. The Bertz CT molecular complexity index is 424. The first kappa shape index (κ1) is 14.7. The standard InChI is InChI=1S/C11H15Cl2IN4/c12-10-8(14)9(16-11(13)17-10)7(15)6-18-4-2-1-3-5-18/h7H,1-6,15H2. The van der Waals surface area contributed by atoms with Gasteiger partial charge in [0.2, 0.25) is 5.28 Å². The lowest BCUT2D eigenvalue weighted by molar-refractivity contribution is 0.215. The van der Waals surface area contributed by atoms with Crippen LogP contribution in [0.2, 0.25) is 10.4 Å². The molecule has 1 atom stereocenters. The van der Waals surface area contributed by atoms with Gasteiger partial charge in [-0.2, -0.15) is 0 Å². The van der Waals surface area contributed by atoms with E-state index in [0.717, 1.165) is 28.9 Å². The summed E-state index contributed by atoms with van der Waals surface area (Å²) in [6.45, 7) is 3.01. The molecule has 2 heterocycles. The zero-order valence-corrected chi connectivity index (χ0v) is 13.5. The largest absolute Gasteiger partial charge is 0.322 e. The topological polar surface area (TPSA) is 55.0 Å². The van der Waals surface area contributed by atoms with Crippen LogP contribution in [-0.2, 0) is 0 Å². The second-order valence-electron chi connectivity index (χ2n) is 4.45. The van der Waals surface area contributed by atoms with Crippen LogP contribution in [0.4, 0.5) is 0 Å². The van der Waals surface area contributed by atoms with Crippen molar-refractivity contribution in [1.82, 2.24) is 14.9 Å². The fourth-order valence-electron chi connectivity index (χ4n) is 2.16.